The zero-order valence-electron chi connectivity index (χ0n) is 15.5. The van der Waals surface area contributed by atoms with Gasteiger partial charge in [-0.05, 0) is 45.5 Å². The summed E-state index contributed by atoms with van der Waals surface area (Å²) in [6.45, 7) is 5.89. The van der Waals surface area contributed by atoms with Gasteiger partial charge < -0.3 is 24.8 Å². The SMILES string of the molecule is CNCC1(O)CN(C(=O)OC(C)(C)C)CCOC1c1ccc(Cl)c(F)c1. The van der Waals surface area contributed by atoms with E-state index in [1.165, 1.54) is 17.0 Å². The number of benzene rings is 1. The second-order valence-corrected chi connectivity index (χ2v) is 7.87. The lowest BCUT2D eigenvalue weighted by atomic mass is 9.90. The predicted molar refractivity (Wildman–Crippen MR) is 96.8 cm³/mol. The van der Waals surface area contributed by atoms with Gasteiger partial charge in [0.05, 0.1) is 18.2 Å². The van der Waals surface area contributed by atoms with Crippen LogP contribution < -0.4 is 5.32 Å². The molecule has 2 unspecified atom stereocenters. The number of nitrogens with one attached hydrogen (secondary N) is 1. The third-order valence-electron chi connectivity index (χ3n) is 3.98. The van der Waals surface area contributed by atoms with Crippen LogP contribution in [0, 0.1) is 5.82 Å². The molecule has 0 spiro atoms. The molecule has 0 saturated carbocycles. The number of hydrogen-bond acceptors (Lipinski definition) is 5. The van der Waals surface area contributed by atoms with Crippen molar-refractivity contribution in [1.82, 2.24) is 10.2 Å². The van der Waals surface area contributed by atoms with E-state index in [0.29, 0.717) is 5.56 Å². The summed E-state index contributed by atoms with van der Waals surface area (Å²) in [6, 6.07) is 4.28. The minimum absolute atomic E-state index is 0.00471. The first-order chi connectivity index (χ1) is 12.1. The maximum Gasteiger partial charge on any atom is 0.410 e. The van der Waals surface area contributed by atoms with E-state index in [2.05, 4.69) is 5.32 Å². The molecule has 0 radical (unpaired) electrons. The minimum atomic E-state index is -1.47. The standard InChI is InChI=1S/C18H26ClFN2O4/c1-17(2,3)26-16(23)22-7-8-25-15(18(24,11-22)10-21-4)12-5-6-13(19)14(20)9-12/h5-6,9,15,21,24H,7-8,10-11H2,1-4H3. The molecule has 0 aromatic heterocycles. The van der Waals surface area contributed by atoms with Crippen LogP contribution >= 0.6 is 11.6 Å². The van der Waals surface area contributed by atoms with Crippen LogP contribution in [0.15, 0.2) is 18.2 Å². The average molecular weight is 389 g/mol. The van der Waals surface area contributed by atoms with Gasteiger partial charge in [0.15, 0.2) is 0 Å². The summed E-state index contributed by atoms with van der Waals surface area (Å²) in [6.07, 6.45) is -1.35. The van der Waals surface area contributed by atoms with E-state index in [0.717, 1.165) is 0 Å². The second-order valence-electron chi connectivity index (χ2n) is 7.46. The Morgan fingerprint density at radius 1 is 1.54 bits per heavy atom. The van der Waals surface area contributed by atoms with E-state index in [-0.39, 0.29) is 31.3 Å². The average Bonchev–Trinajstić information content (AvgIpc) is 2.68. The predicted octanol–water partition coefficient (Wildman–Crippen LogP) is 2.74. The first-order valence-corrected chi connectivity index (χ1v) is 8.85. The number of β-amino-alcohol motifs (C(OH)–C–C–N with tert-alkyl or cyclic N) is 1. The lowest BCUT2D eigenvalue weighted by Gasteiger charge is -2.36. The number of hydrogen-bond donors (Lipinski definition) is 2. The molecular formula is C18H26ClFN2O4. The van der Waals surface area contributed by atoms with E-state index in [1.807, 2.05) is 0 Å². The number of aliphatic hydroxyl groups is 1. The third kappa shape index (κ3) is 5.07. The van der Waals surface area contributed by atoms with Crippen molar-refractivity contribution in [1.29, 1.82) is 0 Å². The number of carbonyl (C=O) groups is 1. The Labute approximate surface area is 158 Å². The van der Waals surface area contributed by atoms with E-state index < -0.39 is 29.2 Å². The highest BCUT2D eigenvalue weighted by molar-refractivity contribution is 6.30. The van der Waals surface area contributed by atoms with Crippen molar-refractivity contribution < 1.29 is 23.8 Å². The Balaban J connectivity index is 2.30. The number of nitrogens with zero attached hydrogens (tertiary/aromatic N) is 1. The van der Waals surface area contributed by atoms with Gasteiger partial charge in [0.2, 0.25) is 0 Å². The highest BCUT2D eigenvalue weighted by Gasteiger charge is 2.44. The van der Waals surface area contributed by atoms with Gasteiger partial charge in [0.25, 0.3) is 0 Å². The van der Waals surface area contributed by atoms with E-state index in [1.54, 1.807) is 33.9 Å². The Hall–Kier alpha value is -1.41. The Bertz CT molecular complexity index is 653. The molecule has 0 aliphatic carbocycles. The van der Waals surface area contributed by atoms with Gasteiger partial charge >= 0.3 is 6.09 Å². The van der Waals surface area contributed by atoms with Crippen LogP contribution in [0.3, 0.4) is 0 Å². The van der Waals surface area contributed by atoms with Crippen LogP contribution in [0.4, 0.5) is 9.18 Å². The summed E-state index contributed by atoms with van der Waals surface area (Å²) in [7, 11) is 1.68. The number of ether oxygens (including phenoxy) is 2. The zero-order valence-corrected chi connectivity index (χ0v) is 16.3. The Morgan fingerprint density at radius 2 is 2.23 bits per heavy atom. The zero-order chi connectivity index (χ0) is 19.5. The Kier molecular flexibility index (Phi) is 6.50. The summed E-state index contributed by atoms with van der Waals surface area (Å²) in [5.74, 6) is -0.590. The molecule has 146 valence electrons. The van der Waals surface area contributed by atoms with Gasteiger partial charge in [-0.25, -0.2) is 9.18 Å². The van der Waals surface area contributed by atoms with Gasteiger partial charge in [-0.3, -0.25) is 0 Å². The van der Waals surface area contributed by atoms with E-state index in [9.17, 15) is 14.3 Å². The van der Waals surface area contributed by atoms with E-state index >= 15 is 0 Å². The fourth-order valence-electron chi connectivity index (χ4n) is 2.95. The topological polar surface area (TPSA) is 71.0 Å². The number of rotatable bonds is 3. The highest BCUT2D eigenvalue weighted by Crippen LogP contribution is 2.34. The number of amides is 1. The molecule has 2 rings (SSSR count). The van der Waals surface area contributed by atoms with Crippen molar-refractivity contribution in [3.63, 3.8) is 0 Å². The van der Waals surface area contributed by atoms with Gasteiger partial charge in [0.1, 0.15) is 23.1 Å². The molecule has 1 fully saturated rings. The monoisotopic (exact) mass is 388 g/mol. The van der Waals surface area contributed by atoms with Crippen LogP contribution in [0.5, 0.6) is 0 Å². The van der Waals surface area contributed by atoms with Gasteiger partial charge in [-0.2, -0.15) is 0 Å². The van der Waals surface area contributed by atoms with Crippen LogP contribution in [0.1, 0.15) is 32.4 Å². The molecular weight excluding hydrogens is 363 g/mol. The molecule has 0 bridgehead atoms. The Morgan fingerprint density at radius 3 is 2.81 bits per heavy atom. The number of carbonyl (C=O) groups excluding carboxylic acids is 1. The van der Waals surface area contributed by atoms with Gasteiger partial charge in [0, 0.05) is 13.1 Å². The van der Waals surface area contributed by atoms with Crippen molar-refractivity contribution in [3.8, 4) is 0 Å². The maximum absolute atomic E-state index is 13.9. The third-order valence-corrected chi connectivity index (χ3v) is 4.29. The molecule has 8 heteroatoms. The fourth-order valence-corrected chi connectivity index (χ4v) is 3.06. The second kappa shape index (κ2) is 8.08. The maximum atomic E-state index is 13.9. The molecule has 1 saturated heterocycles. The molecule has 1 aromatic carbocycles. The molecule has 1 aliphatic rings. The van der Waals surface area contributed by atoms with Crippen molar-refractivity contribution >= 4 is 17.7 Å². The van der Waals surface area contributed by atoms with Crippen molar-refractivity contribution in [2.45, 2.75) is 38.1 Å². The fraction of sp³-hybridized carbons (Fsp3) is 0.611. The first kappa shape index (κ1) is 20.9. The van der Waals surface area contributed by atoms with Crippen molar-refractivity contribution in [3.05, 3.63) is 34.6 Å². The van der Waals surface area contributed by atoms with Crippen molar-refractivity contribution in [2.75, 3.05) is 33.3 Å². The molecule has 1 aromatic rings. The summed E-state index contributed by atoms with van der Waals surface area (Å²) < 4.78 is 25.1. The summed E-state index contributed by atoms with van der Waals surface area (Å²) >= 11 is 5.75. The normalized spacial score (nSPS) is 24.3. The molecule has 1 amide bonds. The number of likely N-dealkylation sites (N-methyl/N-ethyl adjacent to an activating group) is 1. The molecule has 6 nitrogen and oxygen atoms in total. The summed E-state index contributed by atoms with van der Waals surface area (Å²) in [5, 5.41) is 14.2. The lowest BCUT2D eigenvalue weighted by molar-refractivity contribution is -0.0976. The largest absolute Gasteiger partial charge is 0.444 e. The van der Waals surface area contributed by atoms with Crippen LogP contribution in [-0.4, -0.2) is 60.6 Å². The van der Waals surface area contributed by atoms with Gasteiger partial charge in [-0.1, -0.05) is 17.7 Å². The molecule has 1 aliphatic heterocycles. The quantitative estimate of drug-likeness (QED) is 0.833. The molecule has 2 atom stereocenters. The molecule has 26 heavy (non-hydrogen) atoms. The summed E-state index contributed by atoms with van der Waals surface area (Å²) in [4.78, 5) is 13.9. The van der Waals surface area contributed by atoms with Crippen LogP contribution in [-0.2, 0) is 9.47 Å². The molecule has 2 N–H and O–H groups in total. The first-order valence-electron chi connectivity index (χ1n) is 8.47. The van der Waals surface area contributed by atoms with E-state index in [4.69, 9.17) is 21.1 Å². The minimum Gasteiger partial charge on any atom is -0.444 e. The smallest absolute Gasteiger partial charge is 0.410 e. The van der Waals surface area contributed by atoms with Crippen LogP contribution in [0.2, 0.25) is 5.02 Å². The highest BCUT2D eigenvalue weighted by atomic mass is 35.5. The van der Waals surface area contributed by atoms with Gasteiger partial charge in [-0.15, -0.1) is 0 Å². The molecule has 1 heterocycles. The van der Waals surface area contributed by atoms with Crippen molar-refractivity contribution in [2.24, 2.45) is 0 Å². The lowest BCUT2D eigenvalue weighted by Crippen LogP contribution is -2.53. The van der Waals surface area contributed by atoms with Crippen LogP contribution in [0.25, 0.3) is 0 Å². The summed E-state index contributed by atoms with van der Waals surface area (Å²) in [5.41, 5.74) is -1.66. The number of halogens is 2.